The fourth-order valence-electron chi connectivity index (χ4n) is 1.09. The van der Waals surface area contributed by atoms with E-state index in [1.54, 1.807) is 0 Å². The Labute approximate surface area is 94.5 Å². The van der Waals surface area contributed by atoms with Crippen LogP contribution in [0.3, 0.4) is 0 Å². The van der Waals surface area contributed by atoms with E-state index in [-0.39, 0.29) is 6.61 Å². The lowest BCUT2D eigenvalue weighted by atomic mass is 10.2. The van der Waals surface area contributed by atoms with E-state index < -0.39 is 5.24 Å². The largest absolute Gasteiger partial charge is 0.372 e. The molecule has 0 aliphatic carbocycles. The molecule has 0 saturated carbocycles. The van der Waals surface area contributed by atoms with Crippen LogP contribution in [0.2, 0.25) is 0 Å². The number of benzene rings is 1. The molecule has 0 aliphatic heterocycles. The van der Waals surface area contributed by atoms with Crippen LogP contribution in [-0.2, 0) is 9.53 Å². The quantitative estimate of drug-likeness (QED) is 0.549. The molecule has 0 amide bonds. The highest BCUT2D eigenvalue weighted by Crippen LogP contribution is 2.01. The number of ether oxygens (including phenoxy) is 1. The first-order valence-corrected chi connectivity index (χ1v) is 5.14. The summed E-state index contributed by atoms with van der Waals surface area (Å²) in [5.41, 5.74) is 1.16. The Morgan fingerprint density at radius 3 is 2.73 bits per heavy atom. The van der Waals surface area contributed by atoms with Gasteiger partial charge in [0, 0.05) is 0 Å². The van der Waals surface area contributed by atoms with E-state index in [4.69, 9.17) is 16.3 Å². The van der Waals surface area contributed by atoms with E-state index in [2.05, 4.69) is 0 Å². The predicted molar refractivity (Wildman–Crippen MR) is 61.8 cm³/mol. The maximum Gasteiger partial charge on any atom is 0.247 e. The molecule has 1 aromatic rings. The Balaban J connectivity index is 2.15. The van der Waals surface area contributed by atoms with Gasteiger partial charge in [0.05, 0.1) is 6.61 Å². The smallest absolute Gasteiger partial charge is 0.247 e. The summed E-state index contributed by atoms with van der Waals surface area (Å²) in [7, 11) is 0. The van der Waals surface area contributed by atoms with Crippen LogP contribution in [0.4, 0.5) is 0 Å². The van der Waals surface area contributed by atoms with Gasteiger partial charge in [-0.25, -0.2) is 0 Å². The minimum Gasteiger partial charge on any atom is -0.372 e. The van der Waals surface area contributed by atoms with E-state index >= 15 is 0 Å². The molecule has 0 aromatic heterocycles. The van der Waals surface area contributed by atoms with Crippen molar-refractivity contribution in [3.05, 3.63) is 42.0 Å². The summed E-state index contributed by atoms with van der Waals surface area (Å²) >= 11 is 5.10. The van der Waals surface area contributed by atoms with Crippen molar-refractivity contribution in [2.75, 3.05) is 13.2 Å². The Morgan fingerprint density at radius 1 is 1.33 bits per heavy atom. The summed E-state index contributed by atoms with van der Waals surface area (Å²) in [6.45, 7) is 0.503. The maximum atomic E-state index is 10.3. The summed E-state index contributed by atoms with van der Waals surface area (Å²) in [6, 6.07) is 10.0. The fraction of sp³-hybridized carbons (Fsp3) is 0.250. The molecule has 0 saturated heterocycles. The van der Waals surface area contributed by atoms with Crippen LogP contribution in [0.1, 0.15) is 12.0 Å². The van der Waals surface area contributed by atoms with Gasteiger partial charge in [-0.05, 0) is 23.6 Å². The zero-order valence-corrected chi connectivity index (χ0v) is 9.11. The molecule has 0 aliphatic rings. The van der Waals surface area contributed by atoms with Crippen LogP contribution in [0, 0.1) is 0 Å². The monoisotopic (exact) mass is 224 g/mol. The minimum absolute atomic E-state index is 0.0132. The van der Waals surface area contributed by atoms with Gasteiger partial charge < -0.3 is 4.74 Å². The molecule has 0 bridgehead atoms. The van der Waals surface area contributed by atoms with Crippen molar-refractivity contribution in [1.29, 1.82) is 0 Å². The number of carbonyl (C=O) groups is 1. The first-order valence-electron chi connectivity index (χ1n) is 4.76. The van der Waals surface area contributed by atoms with E-state index in [0.717, 1.165) is 12.0 Å². The second kappa shape index (κ2) is 7.21. The molecule has 0 radical (unpaired) electrons. The summed E-state index contributed by atoms with van der Waals surface area (Å²) < 4.78 is 5.00. The highest BCUT2D eigenvalue weighted by atomic mass is 35.5. The fourth-order valence-corrected chi connectivity index (χ4v) is 1.16. The van der Waals surface area contributed by atoms with E-state index in [9.17, 15) is 4.79 Å². The van der Waals surface area contributed by atoms with Crippen molar-refractivity contribution in [1.82, 2.24) is 0 Å². The molecule has 1 rings (SSSR count). The second-order valence-electron chi connectivity index (χ2n) is 3.01. The standard InChI is InChI=1S/C12H13ClO2/c13-12(14)10-15-9-5-4-8-11-6-2-1-3-7-11/h1-4,6-8H,5,9-10H2/b8-4+. The van der Waals surface area contributed by atoms with Crippen LogP contribution in [0.25, 0.3) is 6.08 Å². The van der Waals surface area contributed by atoms with Gasteiger partial charge in [-0.3, -0.25) is 4.79 Å². The summed E-state index contributed by atoms with van der Waals surface area (Å²) in [5, 5.41) is -0.456. The first kappa shape index (κ1) is 12.0. The van der Waals surface area contributed by atoms with Crippen molar-refractivity contribution in [3.8, 4) is 0 Å². The average Bonchev–Trinajstić information content (AvgIpc) is 2.24. The molecule has 0 unspecified atom stereocenters. The lowest BCUT2D eigenvalue weighted by Gasteiger charge is -1.96. The van der Waals surface area contributed by atoms with E-state index in [1.165, 1.54) is 0 Å². The molecule has 1 aromatic carbocycles. The molecular weight excluding hydrogens is 212 g/mol. The zero-order valence-electron chi connectivity index (χ0n) is 8.36. The summed E-state index contributed by atoms with van der Waals surface area (Å²) in [4.78, 5) is 10.3. The van der Waals surface area contributed by atoms with Crippen molar-refractivity contribution in [2.45, 2.75) is 6.42 Å². The van der Waals surface area contributed by atoms with Crippen molar-refractivity contribution in [2.24, 2.45) is 0 Å². The zero-order chi connectivity index (χ0) is 10.9. The average molecular weight is 225 g/mol. The first-order chi connectivity index (χ1) is 7.29. The number of carbonyl (C=O) groups excluding carboxylic acids is 1. The van der Waals surface area contributed by atoms with Gasteiger partial charge in [0.2, 0.25) is 5.24 Å². The van der Waals surface area contributed by atoms with Crippen LogP contribution in [0.5, 0.6) is 0 Å². The molecule has 0 fully saturated rings. The SMILES string of the molecule is O=C(Cl)COCC/C=C/c1ccccc1. The lowest BCUT2D eigenvalue weighted by Crippen LogP contribution is -2.01. The minimum atomic E-state index is -0.456. The lowest BCUT2D eigenvalue weighted by molar-refractivity contribution is -0.115. The summed E-state index contributed by atoms with van der Waals surface area (Å²) in [5.74, 6) is 0. The molecule has 2 nitrogen and oxygen atoms in total. The molecule has 0 spiro atoms. The second-order valence-corrected chi connectivity index (χ2v) is 3.43. The molecule has 80 valence electrons. The van der Waals surface area contributed by atoms with Crippen LogP contribution in [0.15, 0.2) is 36.4 Å². The van der Waals surface area contributed by atoms with Crippen LogP contribution >= 0.6 is 11.6 Å². The number of halogens is 1. The molecular formula is C12H13ClO2. The number of hydrogen-bond donors (Lipinski definition) is 0. The number of hydrogen-bond acceptors (Lipinski definition) is 2. The van der Waals surface area contributed by atoms with Crippen molar-refractivity contribution >= 4 is 22.9 Å². The van der Waals surface area contributed by atoms with Gasteiger partial charge >= 0.3 is 0 Å². The molecule has 0 heterocycles. The normalized spacial score (nSPS) is 10.7. The molecule has 15 heavy (non-hydrogen) atoms. The number of rotatable bonds is 6. The van der Waals surface area contributed by atoms with Gasteiger partial charge in [0.1, 0.15) is 6.61 Å². The molecule has 0 N–H and O–H groups in total. The Bertz CT molecular complexity index is 320. The predicted octanol–water partition coefficient (Wildman–Crippen LogP) is 2.87. The van der Waals surface area contributed by atoms with Gasteiger partial charge in [-0.15, -0.1) is 0 Å². The van der Waals surface area contributed by atoms with E-state index in [1.807, 2.05) is 42.5 Å². The Kier molecular flexibility index (Phi) is 5.74. The van der Waals surface area contributed by atoms with Crippen molar-refractivity contribution in [3.63, 3.8) is 0 Å². The third-order valence-electron chi connectivity index (χ3n) is 1.75. The third kappa shape index (κ3) is 6.05. The Morgan fingerprint density at radius 2 is 2.07 bits per heavy atom. The topological polar surface area (TPSA) is 26.3 Å². The molecule has 3 heteroatoms. The van der Waals surface area contributed by atoms with E-state index in [0.29, 0.717) is 6.61 Å². The van der Waals surface area contributed by atoms with Gasteiger partial charge in [0.25, 0.3) is 0 Å². The Hall–Kier alpha value is -1.12. The maximum absolute atomic E-state index is 10.3. The van der Waals surface area contributed by atoms with Gasteiger partial charge in [0.15, 0.2) is 0 Å². The van der Waals surface area contributed by atoms with Gasteiger partial charge in [-0.2, -0.15) is 0 Å². The summed E-state index contributed by atoms with van der Waals surface area (Å²) in [6.07, 6.45) is 4.80. The van der Waals surface area contributed by atoms with Gasteiger partial charge in [-0.1, -0.05) is 42.5 Å². The van der Waals surface area contributed by atoms with Crippen LogP contribution < -0.4 is 0 Å². The molecule has 0 atom stereocenters. The third-order valence-corrected chi connectivity index (χ3v) is 1.86. The van der Waals surface area contributed by atoms with Crippen molar-refractivity contribution < 1.29 is 9.53 Å². The highest BCUT2D eigenvalue weighted by Gasteiger charge is 1.93. The highest BCUT2D eigenvalue weighted by molar-refractivity contribution is 6.63. The van der Waals surface area contributed by atoms with Crippen LogP contribution in [-0.4, -0.2) is 18.5 Å².